The summed E-state index contributed by atoms with van der Waals surface area (Å²) in [5.41, 5.74) is 2.11. The Morgan fingerprint density at radius 1 is 0.828 bits per heavy atom. The maximum Gasteiger partial charge on any atom is 0.255 e. The maximum atomic E-state index is 12.9. The van der Waals surface area contributed by atoms with Gasteiger partial charge in [-0.15, -0.1) is 0 Å². The van der Waals surface area contributed by atoms with Crippen LogP contribution in [0.2, 0.25) is 0 Å². The predicted octanol–water partition coefficient (Wildman–Crippen LogP) is 3.71. The van der Waals surface area contributed by atoms with Crippen molar-refractivity contribution >= 4 is 27.3 Å². The number of hydrogen-bond acceptors (Lipinski definition) is 4. The summed E-state index contributed by atoms with van der Waals surface area (Å²) in [7, 11) is -3.57. The molecule has 2 fully saturated rings. The molecular formula is C22H27N3O3S. The van der Waals surface area contributed by atoms with E-state index in [4.69, 9.17) is 0 Å². The van der Waals surface area contributed by atoms with Crippen molar-refractivity contribution in [2.45, 2.75) is 37.0 Å². The van der Waals surface area contributed by atoms with Crippen LogP contribution in [0.5, 0.6) is 0 Å². The summed E-state index contributed by atoms with van der Waals surface area (Å²) in [6.07, 6.45) is 5.13. The molecule has 29 heavy (non-hydrogen) atoms. The lowest BCUT2D eigenvalue weighted by molar-refractivity contribution is 0.102. The molecule has 2 heterocycles. The van der Waals surface area contributed by atoms with Crippen LogP contribution in [-0.4, -0.2) is 44.8 Å². The summed E-state index contributed by atoms with van der Waals surface area (Å²) >= 11 is 0. The predicted molar refractivity (Wildman–Crippen MR) is 115 cm³/mol. The number of rotatable bonds is 5. The van der Waals surface area contributed by atoms with Gasteiger partial charge in [0, 0.05) is 31.7 Å². The Labute approximate surface area is 172 Å². The van der Waals surface area contributed by atoms with Gasteiger partial charge in [-0.3, -0.25) is 4.79 Å². The second-order valence-electron chi connectivity index (χ2n) is 7.66. The van der Waals surface area contributed by atoms with Gasteiger partial charge in [0.05, 0.1) is 16.3 Å². The average molecular weight is 414 g/mol. The van der Waals surface area contributed by atoms with Gasteiger partial charge < -0.3 is 10.2 Å². The second kappa shape index (κ2) is 8.55. The minimum Gasteiger partial charge on any atom is -0.370 e. The molecule has 6 nitrogen and oxygen atoms in total. The molecule has 2 saturated heterocycles. The molecule has 2 aliphatic heterocycles. The molecular weight excluding hydrogens is 386 g/mol. The van der Waals surface area contributed by atoms with Crippen LogP contribution >= 0.6 is 0 Å². The molecule has 0 bridgehead atoms. The highest BCUT2D eigenvalue weighted by Crippen LogP contribution is 2.29. The van der Waals surface area contributed by atoms with E-state index in [2.05, 4.69) is 10.2 Å². The number of sulfonamides is 1. The number of piperidine rings is 1. The first-order valence-electron chi connectivity index (χ1n) is 10.3. The Balaban J connectivity index is 1.55. The number of nitrogens with zero attached hydrogens (tertiary/aromatic N) is 2. The van der Waals surface area contributed by atoms with E-state index in [1.54, 1.807) is 18.2 Å². The Morgan fingerprint density at radius 3 is 2.28 bits per heavy atom. The Morgan fingerprint density at radius 2 is 1.52 bits per heavy atom. The molecule has 7 heteroatoms. The molecule has 0 spiro atoms. The highest BCUT2D eigenvalue weighted by molar-refractivity contribution is 7.89. The van der Waals surface area contributed by atoms with E-state index in [1.807, 2.05) is 24.3 Å². The first-order valence-corrected chi connectivity index (χ1v) is 11.8. The number of para-hydroxylation sites is 2. The maximum absolute atomic E-state index is 12.9. The van der Waals surface area contributed by atoms with Crippen molar-refractivity contribution in [1.29, 1.82) is 0 Å². The van der Waals surface area contributed by atoms with Crippen LogP contribution in [0.1, 0.15) is 42.5 Å². The van der Waals surface area contributed by atoms with Gasteiger partial charge in [0.25, 0.3) is 5.91 Å². The van der Waals surface area contributed by atoms with Gasteiger partial charge >= 0.3 is 0 Å². The summed E-state index contributed by atoms with van der Waals surface area (Å²) in [5.74, 6) is -0.299. The fraction of sp³-hybridized carbons (Fsp3) is 0.409. The van der Waals surface area contributed by atoms with Crippen LogP contribution in [0.15, 0.2) is 53.4 Å². The molecule has 0 radical (unpaired) electrons. The van der Waals surface area contributed by atoms with E-state index in [-0.39, 0.29) is 10.8 Å². The van der Waals surface area contributed by atoms with Gasteiger partial charge in [0.2, 0.25) is 10.0 Å². The van der Waals surface area contributed by atoms with Crippen LogP contribution in [0.3, 0.4) is 0 Å². The van der Waals surface area contributed by atoms with Crippen molar-refractivity contribution in [3.05, 3.63) is 54.1 Å². The van der Waals surface area contributed by atoms with E-state index in [0.717, 1.165) is 56.6 Å². The van der Waals surface area contributed by atoms with Crippen molar-refractivity contribution in [2.75, 3.05) is 36.4 Å². The zero-order chi connectivity index (χ0) is 20.3. The first-order chi connectivity index (χ1) is 14.1. The van der Waals surface area contributed by atoms with E-state index >= 15 is 0 Å². The lowest BCUT2D eigenvalue weighted by Gasteiger charge is -2.26. The van der Waals surface area contributed by atoms with Gasteiger partial charge in [-0.1, -0.05) is 24.6 Å². The monoisotopic (exact) mass is 413 g/mol. The largest absolute Gasteiger partial charge is 0.370 e. The van der Waals surface area contributed by atoms with Crippen molar-refractivity contribution in [1.82, 2.24) is 4.31 Å². The van der Waals surface area contributed by atoms with Crippen LogP contribution < -0.4 is 10.2 Å². The van der Waals surface area contributed by atoms with E-state index in [0.29, 0.717) is 18.7 Å². The first kappa shape index (κ1) is 19.9. The van der Waals surface area contributed by atoms with Crippen LogP contribution in [-0.2, 0) is 10.0 Å². The van der Waals surface area contributed by atoms with Gasteiger partial charge in [-0.2, -0.15) is 4.31 Å². The third kappa shape index (κ3) is 4.31. The molecule has 2 aromatic carbocycles. The Kier molecular flexibility index (Phi) is 5.87. The zero-order valence-corrected chi connectivity index (χ0v) is 17.3. The molecule has 0 atom stereocenters. The number of anilines is 2. The summed E-state index contributed by atoms with van der Waals surface area (Å²) in [6, 6.07) is 14.1. The smallest absolute Gasteiger partial charge is 0.255 e. The van der Waals surface area contributed by atoms with Gasteiger partial charge in [0.15, 0.2) is 0 Å². The minimum atomic E-state index is -3.57. The third-order valence-corrected chi connectivity index (χ3v) is 7.54. The zero-order valence-electron chi connectivity index (χ0n) is 16.5. The lowest BCUT2D eigenvalue weighted by Crippen LogP contribution is -2.35. The van der Waals surface area contributed by atoms with E-state index in [1.165, 1.54) is 10.4 Å². The Hall–Kier alpha value is -2.38. The average Bonchev–Trinajstić information content (AvgIpc) is 3.29. The Bertz CT molecular complexity index is 978. The molecule has 154 valence electrons. The topological polar surface area (TPSA) is 69.7 Å². The van der Waals surface area contributed by atoms with Crippen LogP contribution in [0.4, 0.5) is 11.4 Å². The molecule has 2 aromatic rings. The third-order valence-electron chi connectivity index (χ3n) is 5.65. The standard InChI is InChI=1S/C22H27N3O3S/c26-22(23-20-11-2-3-12-21(20)24-13-6-7-14-24)18-9-8-10-19(17-18)29(27,28)25-15-4-1-5-16-25/h2-3,8-12,17H,1,4-7,13-16H2,(H,23,26). The van der Waals surface area contributed by atoms with E-state index < -0.39 is 10.0 Å². The number of amides is 1. The summed E-state index contributed by atoms with van der Waals surface area (Å²) in [4.78, 5) is 15.3. The molecule has 4 rings (SSSR count). The van der Waals surface area contributed by atoms with Gasteiger partial charge in [-0.25, -0.2) is 8.42 Å². The SMILES string of the molecule is O=C(Nc1ccccc1N1CCCC1)c1cccc(S(=O)(=O)N2CCCCC2)c1. The molecule has 0 unspecified atom stereocenters. The van der Waals surface area contributed by atoms with Crippen molar-refractivity contribution in [3.8, 4) is 0 Å². The fourth-order valence-electron chi connectivity index (χ4n) is 4.06. The minimum absolute atomic E-state index is 0.180. The molecule has 2 aliphatic rings. The second-order valence-corrected chi connectivity index (χ2v) is 9.60. The van der Waals surface area contributed by atoms with Crippen molar-refractivity contribution in [3.63, 3.8) is 0 Å². The number of nitrogens with one attached hydrogen (secondary N) is 1. The normalized spacial score (nSPS) is 18.0. The number of hydrogen-bond donors (Lipinski definition) is 1. The van der Waals surface area contributed by atoms with E-state index in [9.17, 15) is 13.2 Å². The summed E-state index contributed by atoms with van der Waals surface area (Å²) in [5, 5.41) is 2.97. The number of carbonyl (C=O) groups excluding carboxylic acids is 1. The van der Waals surface area contributed by atoms with Crippen LogP contribution in [0, 0.1) is 0 Å². The lowest BCUT2D eigenvalue weighted by atomic mass is 10.2. The number of carbonyl (C=O) groups is 1. The molecule has 0 aliphatic carbocycles. The molecule has 1 amide bonds. The number of benzene rings is 2. The van der Waals surface area contributed by atoms with Gasteiger partial charge in [0.1, 0.15) is 0 Å². The highest BCUT2D eigenvalue weighted by Gasteiger charge is 2.26. The van der Waals surface area contributed by atoms with Crippen LogP contribution in [0.25, 0.3) is 0 Å². The van der Waals surface area contributed by atoms with Gasteiger partial charge in [-0.05, 0) is 56.0 Å². The van der Waals surface area contributed by atoms with Crippen molar-refractivity contribution in [2.24, 2.45) is 0 Å². The molecule has 0 aromatic heterocycles. The quantitative estimate of drug-likeness (QED) is 0.811. The fourth-order valence-corrected chi connectivity index (χ4v) is 5.62. The summed E-state index contributed by atoms with van der Waals surface area (Å²) < 4.78 is 27.4. The molecule has 0 saturated carbocycles. The summed E-state index contributed by atoms with van der Waals surface area (Å²) in [6.45, 7) is 3.05. The highest BCUT2D eigenvalue weighted by atomic mass is 32.2. The molecule has 1 N–H and O–H groups in total. The van der Waals surface area contributed by atoms with Crippen molar-refractivity contribution < 1.29 is 13.2 Å².